The van der Waals surface area contributed by atoms with Crippen molar-refractivity contribution in [1.29, 1.82) is 0 Å². The van der Waals surface area contributed by atoms with E-state index >= 15 is 0 Å². The second-order valence-corrected chi connectivity index (χ2v) is 11.8. The Labute approximate surface area is 217 Å². The predicted molar refractivity (Wildman–Crippen MR) is 135 cm³/mol. The number of aromatic nitrogens is 2. The summed E-state index contributed by atoms with van der Waals surface area (Å²) in [6, 6.07) is 12.1. The summed E-state index contributed by atoms with van der Waals surface area (Å²) in [4.78, 5) is 15.1. The second kappa shape index (κ2) is 9.25. The number of aryl methyl sites for hydroxylation is 1. The number of halogens is 3. The number of carboxylic acid groups (broad SMARTS) is 1. The summed E-state index contributed by atoms with van der Waals surface area (Å²) in [5, 5.41) is 20.4. The molecule has 0 aliphatic rings. The molecule has 2 aromatic heterocycles. The van der Waals surface area contributed by atoms with Crippen LogP contribution in [0, 0.1) is 6.92 Å². The molecule has 0 aliphatic heterocycles. The Bertz CT molecular complexity index is 1670. The molecule has 2 heterocycles. The first kappa shape index (κ1) is 27.3. The van der Waals surface area contributed by atoms with Crippen LogP contribution in [0.4, 0.5) is 13.2 Å². The summed E-state index contributed by atoms with van der Waals surface area (Å²) in [7, 11) is -4.45. The summed E-state index contributed by atoms with van der Waals surface area (Å²) < 4.78 is 68.8. The van der Waals surface area contributed by atoms with Crippen LogP contribution in [-0.2, 0) is 21.6 Å². The second-order valence-electron chi connectivity index (χ2n) is 10.0. The molecule has 11 heteroatoms. The molecule has 7 nitrogen and oxygen atoms in total. The fraction of sp³-hybridized carbons (Fsp3) is 0.259. The van der Waals surface area contributed by atoms with Crippen molar-refractivity contribution >= 4 is 27.0 Å². The van der Waals surface area contributed by atoms with E-state index in [-0.39, 0.29) is 32.7 Å². The highest BCUT2D eigenvalue weighted by molar-refractivity contribution is 7.90. The Morgan fingerprint density at radius 2 is 1.68 bits per heavy atom. The van der Waals surface area contributed by atoms with Gasteiger partial charge in [0.05, 0.1) is 21.7 Å². The number of aromatic carboxylic acids is 1. The molecule has 4 rings (SSSR count). The number of pyridine rings is 1. The molecule has 0 spiro atoms. The highest BCUT2D eigenvalue weighted by atomic mass is 32.2. The highest BCUT2D eigenvalue weighted by Crippen LogP contribution is 2.36. The lowest BCUT2D eigenvalue weighted by atomic mass is 9.87. The van der Waals surface area contributed by atoms with E-state index in [0.29, 0.717) is 17.3 Å². The highest BCUT2D eigenvalue weighted by Gasteiger charge is 2.34. The van der Waals surface area contributed by atoms with Gasteiger partial charge in [-0.2, -0.15) is 13.2 Å². The summed E-state index contributed by atoms with van der Waals surface area (Å²) in [6.45, 7) is 7.23. The van der Waals surface area contributed by atoms with Crippen molar-refractivity contribution in [2.24, 2.45) is 0 Å². The molecule has 200 valence electrons. The van der Waals surface area contributed by atoms with Gasteiger partial charge in [0, 0.05) is 11.6 Å². The van der Waals surface area contributed by atoms with Gasteiger partial charge in [0.15, 0.2) is 5.65 Å². The number of hydrogen-bond donors (Lipinski definition) is 2. The van der Waals surface area contributed by atoms with Gasteiger partial charge >= 0.3 is 12.1 Å². The van der Waals surface area contributed by atoms with Gasteiger partial charge < -0.3 is 10.2 Å². The summed E-state index contributed by atoms with van der Waals surface area (Å²) in [6.07, 6.45) is -5.80. The van der Waals surface area contributed by atoms with Crippen LogP contribution in [0.3, 0.4) is 0 Å². The van der Waals surface area contributed by atoms with E-state index in [4.69, 9.17) is 0 Å². The standard InChI is InChI=1S/C27H25F3N2O5S/c1-15-10-16(8-9-21(15)25(34)35)23(33)22-12-17-11-19(27(28,29)30)14-31-24(17)32(22)38(36,37)20-7-5-6-18(13-20)26(2,3)4/h5-14,23,33H,1-4H3,(H,34,35). The molecule has 0 radical (unpaired) electrons. The van der Waals surface area contributed by atoms with E-state index in [9.17, 15) is 36.6 Å². The quantitative estimate of drug-likeness (QED) is 0.334. The number of rotatable bonds is 5. The van der Waals surface area contributed by atoms with Crippen molar-refractivity contribution in [2.75, 3.05) is 0 Å². The summed E-state index contributed by atoms with van der Waals surface area (Å²) in [5.74, 6) is -1.18. The van der Waals surface area contributed by atoms with Gasteiger partial charge in [-0.05, 0) is 59.4 Å². The predicted octanol–water partition coefficient (Wildman–Crippen LogP) is 5.68. The van der Waals surface area contributed by atoms with Gasteiger partial charge in [-0.1, -0.05) is 45.0 Å². The number of hydrogen-bond acceptors (Lipinski definition) is 5. The smallest absolute Gasteiger partial charge is 0.417 e. The zero-order chi connectivity index (χ0) is 28.2. The third-order valence-corrected chi connectivity index (χ3v) is 7.98. The van der Waals surface area contributed by atoms with Crippen LogP contribution in [0.1, 0.15) is 65.2 Å². The van der Waals surface area contributed by atoms with Crippen LogP contribution in [0.5, 0.6) is 0 Å². The van der Waals surface area contributed by atoms with E-state index in [0.717, 1.165) is 16.1 Å². The number of benzene rings is 2. The minimum atomic E-state index is -4.72. The van der Waals surface area contributed by atoms with Crippen LogP contribution in [0.2, 0.25) is 0 Å². The molecule has 4 aromatic rings. The maximum atomic E-state index is 13.9. The van der Waals surface area contributed by atoms with Gasteiger partial charge in [0.1, 0.15) is 6.10 Å². The molecule has 1 unspecified atom stereocenters. The first-order chi connectivity index (χ1) is 17.5. The number of nitrogens with zero attached hydrogens (tertiary/aromatic N) is 2. The lowest BCUT2D eigenvalue weighted by molar-refractivity contribution is -0.137. The summed E-state index contributed by atoms with van der Waals surface area (Å²) >= 11 is 0. The number of fused-ring (bicyclic) bond motifs is 1. The van der Waals surface area contributed by atoms with Crippen molar-refractivity contribution in [3.63, 3.8) is 0 Å². The Morgan fingerprint density at radius 3 is 2.26 bits per heavy atom. The lowest BCUT2D eigenvalue weighted by Gasteiger charge is -2.21. The average Bonchev–Trinajstić information content (AvgIpc) is 3.22. The SMILES string of the molecule is Cc1cc(C(O)c2cc3cc(C(F)(F)F)cnc3n2S(=O)(=O)c2cccc(C(C)(C)C)c2)ccc1C(=O)O. The average molecular weight is 547 g/mol. The zero-order valence-corrected chi connectivity index (χ0v) is 21.7. The minimum absolute atomic E-state index is 0.00963. The van der Waals surface area contributed by atoms with Gasteiger partial charge in [-0.15, -0.1) is 0 Å². The van der Waals surface area contributed by atoms with Crippen LogP contribution in [-0.4, -0.2) is 33.6 Å². The number of carboxylic acids is 1. The van der Waals surface area contributed by atoms with Gasteiger partial charge in [0.25, 0.3) is 10.0 Å². The minimum Gasteiger partial charge on any atom is -0.478 e. The van der Waals surface area contributed by atoms with E-state index < -0.39 is 39.3 Å². The Hall–Kier alpha value is -3.70. The molecule has 0 saturated heterocycles. The maximum absolute atomic E-state index is 13.9. The van der Waals surface area contributed by atoms with Crippen molar-refractivity contribution < 1.29 is 36.6 Å². The molecular formula is C27H25F3N2O5S. The monoisotopic (exact) mass is 546 g/mol. The van der Waals surface area contributed by atoms with E-state index in [2.05, 4.69) is 4.98 Å². The topological polar surface area (TPSA) is 109 Å². The normalized spacial score (nSPS) is 13.6. The first-order valence-corrected chi connectivity index (χ1v) is 12.9. The van der Waals surface area contributed by atoms with E-state index in [1.54, 1.807) is 12.1 Å². The molecule has 2 N–H and O–H groups in total. The molecular weight excluding hydrogens is 521 g/mol. The molecule has 0 amide bonds. The number of alkyl halides is 3. The van der Waals surface area contributed by atoms with Crippen LogP contribution >= 0.6 is 0 Å². The van der Waals surface area contributed by atoms with Crippen LogP contribution in [0.15, 0.2) is 65.7 Å². The lowest BCUT2D eigenvalue weighted by Crippen LogP contribution is -2.20. The fourth-order valence-electron chi connectivity index (χ4n) is 4.18. The van der Waals surface area contributed by atoms with Gasteiger partial charge in [0.2, 0.25) is 0 Å². The Balaban J connectivity index is 1.99. The number of carbonyl (C=O) groups is 1. The number of aliphatic hydroxyl groups is 1. The molecule has 0 fully saturated rings. The van der Waals surface area contributed by atoms with Gasteiger partial charge in [-0.25, -0.2) is 22.2 Å². The van der Waals surface area contributed by atoms with Crippen molar-refractivity contribution in [1.82, 2.24) is 8.96 Å². The van der Waals surface area contributed by atoms with Crippen molar-refractivity contribution in [3.05, 3.63) is 94.3 Å². The maximum Gasteiger partial charge on any atom is 0.417 e. The van der Waals surface area contributed by atoms with Crippen molar-refractivity contribution in [2.45, 2.75) is 50.3 Å². The number of aliphatic hydroxyl groups excluding tert-OH is 1. The van der Waals surface area contributed by atoms with Gasteiger partial charge in [-0.3, -0.25) is 0 Å². The third kappa shape index (κ3) is 4.91. The van der Waals surface area contributed by atoms with E-state index in [1.807, 2.05) is 20.8 Å². The summed E-state index contributed by atoms with van der Waals surface area (Å²) in [5.41, 5.74) is -0.815. The fourth-order valence-corrected chi connectivity index (χ4v) is 5.73. The van der Waals surface area contributed by atoms with E-state index in [1.165, 1.54) is 37.3 Å². The Morgan fingerprint density at radius 1 is 1.00 bits per heavy atom. The molecule has 0 saturated carbocycles. The molecule has 0 aliphatic carbocycles. The molecule has 0 bridgehead atoms. The Kier molecular flexibility index (Phi) is 6.65. The van der Waals surface area contributed by atoms with Crippen LogP contribution < -0.4 is 0 Å². The molecule has 1 atom stereocenters. The zero-order valence-electron chi connectivity index (χ0n) is 20.9. The van der Waals surface area contributed by atoms with Crippen molar-refractivity contribution in [3.8, 4) is 0 Å². The van der Waals surface area contributed by atoms with Crippen LogP contribution in [0.25, 0.3) is 11.0 Å². The third-order valence-electron chi connectivity index (χ3n) is 6.27. The largest absolute Gasteiger partial charge is 0.478 e. The molecule has 2 aromatic carbocycles. The molecule has 38 heavy (non-hydrogen) atoms. The first-order valence-electron chi connectivity index (χ1n) is 11.5.